The van der Waals surface area contributed by atoms with Gasteiger partial charge in [0.2, 0.25) is 0 Å². The first kappa shape index (κ1) is 12.7. The summed E-state index contributed by atoms with van der Waals surface area (Å²) in [4.78, 5) is 11.1. The van der Waals surface area contributed by atoms with Crippen molar-refractivity contribution in [1.82, 2.24) is 0 Å². The van der Waals surface area contributed by atoms with E-state index in [1.165, 1.54) is 6.26 Å². The van der Waals surface area contributed by atoms with Crippen molar-refractivity contribution in [2.24, 2.45) is 5.41 Å². The third kappa shape index (κ3) is 5.08. The fraction of sp³-hybridized carbons (Fsp3) is 0.875. The van der Waals surface area contributed by atoms with Gasteiger partial charge in [-0.2, -0.15) is 8.78 Å². The van der Waals surface area contributed by atoms with Gasteiger partial charge in [-0.3, -0.25) is 4.79 Å². The molecule has 0 N–H and O–H groups in total. The molecule has 0 aromatic rings. The second-order valence-corrected chi connectivity index (χ2v) is 4.67. The molecule has 0 saturated heterocycles. The largest absolute Gasteiger partial charge is 0.458 e. The van der Waals surface area contributed by atoms with Crippen LogP contribution in [0.1, 0.15) is 20.8 Å². The number of esters is 1. The van der Waals surface area contributed by atoms with Gasteiger partial charge in [-0.25, -0.2) is 0 Å². The van der Waals surface area contributed by atoms with E-state index < -0.39 is 23.2 Å². The molecule has 0 aromatic heterocycles. The zero-order valence-corrected chi connectivity index (χ0v) is 9.00. The molecular formula is C8H14F2O2S. The summed E-state index contributed by atoms with van der Waals surface area (Å²) in [5, 5.41) is -2.99. The van der Waals surface area contributed by atoms with Gasteiger partial charge in [-0.1, -0.05) is 11.8 Å². The number of alkyl halides is 2. The third-order valence-corrected chi connectivity index (χ3v) is 2.00. The summed E-state index contributed by atoms with van der Waals surface area (Å²) in [6.07, 6.45) is 1.27. The van der Waals surface area contributed by atoms with Gasteiger partial charge in [0, 0.05) is 0 Å². The van der Waals surface area contributed by atoms with Crippen LogP contribution in [0, 0.1) is 5.41 Å². The molecule has 0 fully saturated rings. The molecular weight excluding hydrogens is 198 g/mol. The maximum atomic E-state index is 12.6. The van der Waals surface area contributed by atoms with E-state index >= 15 is 0 Å². The minimum absolute atomic E-state index is 0.369. The van der Waals surface area contributed by atoms with Crippen LogP contribution >= 0.6 is 11.8 Å². The molecule has 0 aliphatic heterocycles. The number of thioether (sulfide) groups is 1. The van der Waals surface area contributed by atoms with Crippen LogP contribution in [0.5, 0.6) is 0 Å². The van der Waals surface area contributed by atoms with E-state index in [-0.39, 0.29) is 0 Å². The topological polar surface area (TPSA) is 26.3 Å². The van der Waals surface area contributed by atoms with Crippen molar-refractivity contribution in [2.45, 2.75) is 26.0 Å². The Morgan fingerprint density at radius 1 is 1.38 bits per heavy atom. The molecule has 0 rings (SSSR count). The molecule has 13 heavy (non-hydrogen) atoms. The van der Waals surface area contributed by atoms with Gasteiger partial charge < -0.3 is 4.74 Å². The minimum Gasteiger partial charge on any atom is -0.458 e. The smallest absolute Gasteiger partial charge is 0.327 e. The van der Waals surface area contributed by atoms with Crippen molar-refractivity contribution in [2.75, 3.05) is 12.9 Å². The summed E-state index contributed by atoms with van der Waals surface area (Å²) in [7, 11) is 0. The highest BCUT2D eigenvalue weighted by Gasteiger charge is 2.32. The molecule has 2 nitrogen and oxygen atoms in total. The standard InChI is InChI=1S/C8H14F2O2S/c1-7(2,3)6(11)12-5-8(9,10)13-4/h5H2,1-4H3. The lowest BCUT2D eigenvalue weighted by molar-refractivity contribution is -0.158. The van der Waals surface area contributed by atoms with Crippen molar-refractivity contribution < 1.29 is 18.3 Å². The van der Waals surface area contributed by atoms with Crippen molar-refractivity contribution in [3.8, 4) is 0 Å². The number of carbonyl (C=O) groups is 1. The fourth-order valence-corrected chi connectivity index (χ4v) is 0.602. The molecule has 78 valence electrons. The Balaban J connectivity index is 3.98. The zero-order chi connectivity index (χ0) is 10.7. The number of rotatable bonds is 3. The van der Waals surface area contributed by atoms with Gasteiger partial charge in [-0.15, -0.1) is 0 Å². The molecule has 0 radical (unpaired) electrons. The second-order valence-electron chi connectivity index (χ2n) is 3.67. The number of ether oxygens (including phenoxy) is 1. The van der Waals surface area contributed by atoms with E-state index in [2.05, 4.69) is 4.74 Å². The molecule has 0 saturated carbocycles. The number of carbonyl (C=O) groups excluding carboxylic acids is 1. The van der Waals surface area contributed by atoms with Gasteiger partial charge in [-0.05, 0) is 27.0 Å². The predicted molar refractivity (Wildman–Crippen MR) is 48.9 cm³/mol. The highest BCUT2D eigenvalue weighted by Crippen LogP contribution is 2.27. The molecule has 0 aliphatic rings. The lowest BCUT2D eigenvalue weighted by atomic mass is 9.97. The van der Waals surface area contributed by atoms with Crippen LogP contribution in [0.15, 0.2) is 0 Å². The Hall–Kier alpha value is -0.320. The van der Waals surface area contributed by atoms with Crippen LogP contribution < -0.4 is 0 Å². The SMILES string of the molecule is CSC(F)(F)COC(=O)C(C)(C)C. The minimum atomic E-state index is -2.99. The second kappa shape index (κ2) is 4.26. The zero-order valence-electron chi connectivity index (χ0n) is 8.19. The van der Waals surface area contributed by atoms with E-state index in [1.807, 2.05) is 0 Å². The molecule has 5 heteroatoms. The first-order valence-corrected chi connectivity index (χ1v) is 5.02. The maximum absolute atomic E-state index is 12.6. The summed E-state index contributed by atoms with van der Waals surface area (Å²) in [5.41, 5.74) is -0.728. The van der Waals surface area contributed by atoms with Crippen LogP contribution in [-0.2, 0) is 9.53 Å². The number of halogens is 2. The highest BCUT2D eigenvalue weighted by atomic mass is 32.2. The average molecular weight is 212 g/mol. The van der Waals surface area contributed by atoms with Crippen molar-refractivity contribution in [3.05, 3.63) is 0 Å². The summed E-state index contributed by atoms with van der Waals surface area (Å²) < 4.78 is 29.6. The summed E-state index contributed by atoms with van der Waals surface area (Å²) in [6.45, 7) is 4.00. The van der Waals surface area contributed by atoms with E-state index in [0.29, 0.717) is 11.8 Å². The van der Waals surface area contributed by atoms with Crippen LogP contribution in [-0.4, -0.2) is 24.1 Å². The Kier molecular flexibility index (Phi) is 4.16. The van der Waals surface area contributed by atoms with Crippen molar-refractivity contribution in [1.29, 1.82) is 0 Å². The first-order chi connectivity index (χ1) is 5.69. The maximum Gasteiger partial charge on any atom is 0.327 e. The average Bonchev–Trinajstić information content (AvgIpc) is 1.98. The summed E-state index contributed by atoms with van der Waals surface area (Å²) >= 11 is 0.369. The van der Waals surface area contributed by atoms with Crippen LogP contribution in [0.4, 0.5) is 8.78 Å². The molecule has 0 amide bonds. The molecule has 0 atom stereocenters. The molecule has 0 aliphatic carbocycles. The fourth-order valence-electron chi connectivity index (χ4n) is 0.425. The molecule has 0 bridgehead atoms. The van der Waals surface area contributed by atoms with E-state index in [4.69, 9.17) is 0 Å². The lowest BCUT2D eigenvalue weighted by Crippen LogP contribution is -2.28. The monoisotopic (exact) mass is 212 g/mol. The molecule has 0 unspecified atom stereocenters. The van der Waals surface area contributed by atoms with Crippen molar-refractivity contribution in [3.63, 3.8) is 0 Å². The summed E-state index contributed by atoms with van der Waals surface area (Å²) in [6, 6.07) is 0. The van der Waals surface area contributed by atoms with Crippen molar-refractivity contribution >= 4 is 17.7 Å². The van der Waals surface area contributed by atoms with Crippen LogP contribution in [0.2, 0.25) is 0 Å². The van der Waals surface area contributed by atoms with E-state index in [9.17, 15) is 13.6 Å². The Labute approximate surface area is 81.0 Å². The third-order valence-electron chi connectivity index (χ3n) is 1.28. The van der Waals surface area contributed by atoms with Gasteiger partial charge in [0.15, 0.2) is 6.61 Å². The predicted octanol–water partition coefficient (Wildman–Crippen LogP) is 2.53. The van der Waals surface area contributed by atoms with Crippen LogP contribution in [0.3, 0.4) is 0 Å². The van der Waals surface area contributed by atoms with E-state index in [0.717, 1.165) is 0 Å². The van der Waals surface area contributed by atoms with Gasteiger partial charge in [0.1, 0.15) is 0 Å². The lowest BCUT2D eigenvalue weighted by Gasteiger charge is -2.19. The Morgan fingerprint density at radius 2 is 1.85 bits per heavy atom. The Morgan fingerprint density at radius 3 is 2.15 bits per heavy atom. The van der Waals surface area contributed by atoms with Crippen LogP contribution in [0.25, 0.3) is 0 Å². The molecule has 0 heterocycles. The quantitative estimate of drug-likeness (QED) is 0.672. The molecule has 0 aromatic carbocycles. The van der Waals surface area contributed by atoms with E-state index in [1.54, 1.807) is 20.8 Å². The highest BCUT2D eigenvalue weighted by molar-refractivity contribution is 7.99. The molecule has 0 spiro atoms. The summed E-state index contributed by atoms with van der Waals surface area (Å²) in [5.74, 6) is -0.610. The Bertz CT molecular complexity index is 187. The number of hydrogen-bond donors (Lipinski definition) is 0. The first-order valence-electron chi connectivity index (χ1n) is 3.79. The van der Waals surface area contributed by atoms with Gasteiger partial charge in [0.05, 0.1) is 5.41 Å². The van der Waals surface area contributed by atoms with Gasteiger partial charge >= 0.3 is 11.2 Å². The van der Waals surface area contributed by atoms with Gasteiger partial charge in [0.25, 0.3) is 0 Å². The number of hydrogen-bond acceptors (Lipinski definition) is 3. The normalized spacial score (nSPS) is 12.8.